The van der Waals surface area contributed by atoms with Crippen LogP contribution in [0.15, 0.2) is 29.4 Å². The minimum absolute atomic E-state index is 0.115. The zero-order chi connectivity index (χ0) is 20.0. The molecule has 27 heavy (non-hydrogen) atoms. The molecule has 2 amide bonds. The Bertz CT molecular complexity index is 743. The number of amides is 2. The molecule has 0 spiro atoms. The smallest absolute Gasteiger partial charge is 0.410 e. The number of hydrogen-bond donors (Lipinski definition) is 1. The van der Waals surface area contributed by atoms with Gasteiger partial charge in [0.1, 0.15) is 17.5 Å². The van der Waals surface area contributed by atoms with Crippen molar-refractivity contribution < 1.29 is 18.7 Å². The summed E-state index contributed by atoms with van der Waals surface area (Å²) < 4.78 is 19.0. The molecule has 1 saturated heterocycles. The van der Waals surface area contributed by atoms with E-state index in [4.69, 9.17) is 10.3 Å². The van der Waals surface area contributed by atoms with E-state index in [1.165, 1.54) is 11.0 Å². The van der Waals surface area contributed by atoms with Gasteiger partial charge in [-0.2, -0.15) is 0 Å². The van der Waals surface area contributed by atoms with E-state index in [9.17, 15) is 14.0 Å². The first-order valence-corrected chi connectivity index (χ1v) is 8.76. The lowest BCUT2D eigenvalue weighted by Crippen LogP contribution is -2.47. The maximum absolute atomic E-state index is 13.6. The predicted molar refractivity (Wildman–Crippen MR) is 97.4 cm³/mol. The molecule has 1 fully saturated rings. The number of nitrogens with one attached hydrogen (secondary N) is 1. The van der Waals surface area contributed by atoms with E-state index in [2.05, 4.69) is 15.3 Å². The molecule has 1 aromatic carbocycles. The van der Waals surface area contributed by atoms with Crippen LogP contribution in [0.5, 0.6) is 0 Å². The Balaban J connectivity index is 2.00. The zero-order valence-electron chi connectivity index (χ0n) is 15.7. The standard InChI is InChI=1S/C18H24FN5O3/c1-18(2,3)27-17(26)24-11-13(22-23-20)10-15(24)16(25)21-9-8-12-6-4-5-7-14(12)19/h4-7,13,15H,8-11H2,1-3H3,(H,21,25)/t13-,15+/m1/s1. The van der Waals surface area contributed by atoms with Gasteiger partial charge in [-0.3, -0.25) is 9.69 Å². The van der Waals surface area contributed by atoms with Crippen LogP contribution >= 0.6 is 0 Å². The summed E-state index contributed by atoms with van der Waals surface area (Å²) in [7, 11) is 0. The summed E-state index contributed by atoms with van der Waals surface area (Å²) in [6.45, 7) is 5.54. The lowest BCUT2D eigenvalue weighted by atomic mass is 10.1. The first kappa shape index (κ1) is 20.5. The van der Waals surface area contributed by atoms with Crippen molar-refractivity contribution in [2.75, 3.05) is 13.1 Å². The number of carbonyl (C=O) groups is 2. The van der Waals surface area contributed by atoms with Gasteiger partial charge >= 0.3 is 6.09 Å². The molecule has 1 aromatic rings. The summed E-state index contributed by atoms with van der Waals surface area (Å²) in [6.07, 6.45) is -0.0842. The molecular weight excluding hydrogens is 353 g/mol. The molecule has 1 aliphatic rings. The van der Waals surface area contributed by atoms with Gasteiger partial charge in [-0.25, -0.2) is 9.18 Å². The Morgan fingerprint density at radius 1 is 1.41 bits per heavy atom. The van der Waals surface area contributed by atoms with Crippen molar-refractivity contribution in [1.82, 2.24) is 10.2 Å². The van der Waals surface area contributed by atoms with Crippen molar-refractivity contribution in [3.8, 4) is 0 Å². The third-order valence-corrected chi connectivity index (χ3v) is 4.08. The lowest BCUT2D eigenvalue weighted by molar-refractivity contribution is -0.125. The highest BCUT2D eigenvalue weighted by Gasteiger charge is 2.41. The van der Waals surface area contributed by atoms with E-state index in [0.717, 1.165) is 0 Å². The van der Waals surface area contributed by atoms with Gasteiger partial charge in [0, 0.05) is 18.0 Å². The van der Waals surface area contributed by atoms with Gasteiger partial charge in [-0.05, 0) is 50.8 Å². The average Bonchev–Trinajstić information content (AvgIpc) is 2.99. The van der Waals surface area contributed by atoms with E-state index in [0.29, 0.717) is 12.0 Å². The summed E-state index contributed by atoms with van der Waals surface area (Å²) in [5, 5.41) is 6.35. The summed E-state index contributed by atoms with van der Waals surface area (Å²) >= 11 is 0. The number of azide groups is 1. The van der Waals surface area contributed by atoms with Crippen molar-refractivity contribution in [3.63, 3.8) is 0 Å². The van der Waals surface area contributed by atoms with E-state index in [1.54, 1.807) is 39.0 Å². The second-order valence-electron chi connectivity index (χ2n) is 7.38. The van der Waals surface area contributed by atoms with Gasteiger partial charge in [-0.15, -0.1) is 0 Å². The first-order chi connectivity index (χ1) is 12.7. The molecule has 8 nitrogen and oxygen atoms in total. The molecule has 0 aliphatic carbocycles. The Morgan fingerprint density at radius 2 is 2.11 bits per heavy atom. The molecular formula is C18H24FN5O3. The van der Waals surface area contributed by atoms with Gasteiger partial charge in [0.2, 0.25) is 5.91 Å². The molecule has 1 heterocycles. The highest BCUT2D eigenvalue weighted by molar-refractivity contribution is 5.86. The van der Waals surface area contributed by atoms with E-state index in [1.807, 2.05) is 0 Å². The van der Waals surface area contributed by atoms with Crippen LogP contribution in [0.2, 0.25) is 0 Å². The van der Waals surface area contributed by atoms with Gasteiger partial charge in [0.05, 0.1) is 6.04 Å². The van der Waals surface area contributed by atoms with Crippen molar-refractivity contribution in [1.29, 1.82) is 0 Å². The number of nitrogens with zero attached hydrogens (tertiary/aromatic N) is 4. The van der Waals surface area contributed by atoms with Crippen LogP contribution in [0, 0.1) is 5.82 Å². The SMILES string of the molecule is CC(C)(C)OC(=O)N1C[C@H](N=[N+]=[N-])C[C@H]1C(=O)NCCc1ccccc1F. The average molecular weight is 377 g/mol. The number of ether oxygens (including phenoxy) is 1. The van der Waals surface area contributed by atoms with Crippen molar-refractivity contribution >= 4 is 12.0 Å². The van der Waals surface area contributed by atoms with E-state index in [-0.39, 0.29) is 31.2 Å². The molecule has 9 heteroatoms. The van der Waals surface area contributed by atoms with Gasteiger partial charge < -0.3 is 10.1 Å². The van der Waals surface area contributed by atoms with Crippen molar-refractivity contribution in [2.24, 2.45) is 5.11 Å². The molecule has 0 bridgehead atoms. The number of rotatable bonds is 5. The molecule has 2 atom stereocenters. The van der Waals surface area contributed by atoms with Crippen molar-refractivity contribution in [3.05, 3.63) is 46.1 Å². The maximum Gasteiger partial charge on any atom is 0.410 e. The third kappa shape index (κ3) is 5.86. The Labute approximate surface area is 157 Å². The minimum Gasteiger partial charge on any atom is -0.444 e. The van der Waals surface area contributed by atoms with Crippen LogP contribution in [-0.2, 0) is 16.0 Å². The van der Waals surface area contributed by atoms with Crippen LogP contribution in [0.3, 0.4) is 0 Å². The maximum atomic E-state index is 13.6. The number of likely N-dealkylation sites (tertiary alicyclic amines) is 1. The third-order valence-electron chi connectivity index (χ3n) is 4.08. The molecule has 1 aliphatic heterocycles. The van der Waals surface area contributed by atoms with Gasteiger partial charge in [-0.1, -0.05) is 23.3 Å². The molecule has 2 rings (SSSR count). The fourth-order valence-corrected chi connectivity index (χ4v) is 2.88. The monoisotopic (exact) mass is 377 g/mol. The predicted octanol–water partition coefficient (Wildman–Crippen LogP) is 3.17. The molecule has 0 radical (unpaired) electrons. The largest absolute Gasteiger partial charge is 0.444 e. The van der Waals surface area contributed by atoms with Crippen LogP contribution in [0.25, 0.3) is 10.4 Å². The molecule has 0 saturated carbocycles. The second-order valence-corrected chi connectivity index (χ2v) is 7.38. The van der Waals surface area contributed by atoms with Crippen LogP contribution in [-0.4, -0.2) is 47.7 Å². The van der Waals surface area contributed by atoms with E-state index >= 15 is 0 Å². The highest BCUT2D eigenvalue weighted by atomic mass is 19.1. The van der Waals surface area contributed by atoms with Gasteiger partial charge in [0.15, 0.2) is 0 Å². The fraction of sp³-hybridized carbons (Fsp3) is 0.556. The van der Waals surface area contributed by atoms with Gasteiger partial charge in [0.25, 0.3) is 0 Å². The summed E-state index contributed by atoms with van der Waals surface area (Å²) in [5.74, 6) is -0.709. The molecule has 0 aromatic heterocycles. The second kappa shape index (κ2) is 8.73. The summed E-state index contributed by atoms with van der Waals surface area (Å²) in [4.78, 5) is 29.0. The van der Waals surface area contributed by atoms with Crippen molar-refractivity contribution in [2.45, 2.75) is 51.3 Å². The van der Waals surface area contributed by atoms with Crippen LogP contribution < -0.4 is 5.32 Å². The topological polar surface area (TPSA) is 107 Å². The summed E-state index contributed by atoms with van der Waals surface area (Å²) in [5.41, 5.74) is 8.44. The number of carbonyl (C=O) groups excluding carboxylic acids is 2. The quantitative estimate of drug-likeness (QED) is 0.484. The normalized spacial score (nSPS) is 19.3. The minimum atomic E-state index is -0.795. The molecule has 1 N–H and O–H groups in total. The Hall–Kier alpha value is -2.80. The number of benzene rings is 1. The molecule has 0 unspecified atom stereocenters. The van der Waals surface area contributed by atoms with Crippen LogP contribution in [0.4, 0.5) is 9.18 Å². The fourth-order valence-electron chi connectivity index (χ4n) is 2.88. The highest BCUT2D eigenvalue weighted by Crippen LogP contribution is 2.23. The Kier molecular flexibility index (Phi) is 6.63. The van der Waals surface area contributed by atoms with Crippen LogP contribution in [0.1, 0.15) is 32.8 Å². The number of halogens is 1. The Morgan fingerprint density at radius 3 is 2.74 bits per heavy atom. The summed E-state index contributed by atoms with van der Waals surface area (Å²) in [6, 6.07) is 5.06. The zero-order valence-corrected chi connectivity index (χ0v) is 15.7. The lowest BCUT2D eigenvalue weighted by Gasteiger charge is -2.28. The first-order valence-electron chi connectivity index (χ1n) is 8.76. The number of hydrogen-bond acceptors (Lipinski definition) is 4. The van der Waals surface area contributed by atoms with E-state index < -0.39 is 23.8 Å². The molecule has 146 valence electrons.